The molecule has 4 amide bonds. The summed E-state index contributed by atoms with van der Waals surface area (Å²) in [6, 6.07) is 6.16. The van der Waals surface area contributed by atoms with Crippen molar-refractivity contribution in [3.05, 3.63) is 53.5 Å². The largest absolute Gasteiger partial charge is 0.497 e. The van der Waals surface area contributed by atoms with Crippen LogP contribution < -0.4 is 21.1 Å². The number of benzene rings is 1. The summed E-state index contributed by atoms with van der Waals surface area (Å²) in [5, 5.41) is 5.46. The fourth-order valence-electron chi connectivity index (χ4n) is 3.93. The van der Waals surface area contributed by atoms with Crippen molar-refractivity contribution in [1.29, 1.82) is 0 Å². The summed E-state index contributed by atoms with van der Waals surface area (Å²) in [7, 11) is 1.52. The second kappa shape index (κ2) is 6.21. The molecule has 4 N–H and O–H groups in total. The molecule has 0 bridgehead atoms. The first kappa shape index (κ1) is 18.0. The SMILES string of the molecule is COc1ccc2c(c1)C(=O)N(C[C@@]1(c3cc4cncc(N)c4o3)NC(=O)NC1=O)C2. The number of nitrogens with one attached hydrogen (secondary N) is 2. The van der Waals surface area contributed by atoms with E-state index in [9.17, 15) is 14.4 Å². The highest BCUT2D eigenvalue weighted by Gasteiger charge is 2.53. The van der Waals surface area contributed by atoms with Crippen LogP contribution in [0.2, 0.25) is 0 Å². The number of fused-ring (bicyclic) bond motifs is 2. The van der Waals surface area contributed by atoms with E-state index in [1.165, 1.54) is 18.2 Å². The van der Waals surface area contributed by atoms with E-state index < -0.39 is 17.5 Å². The maximum Gasteiger partial charge on any atom is 0.322 e. The molecule has 3 aromatic rings. The Hall–Kier alpha value is -4.08. The maximum absolute atomic E-state index is 13.0. The number of nitrogens with two attached hydrogens (primary N) is 1. The Morgan fingerprint density at radius 1 is 1.27 bits per heavy atom. The maximum atomic E-state index is 13.0. The topological polar surface area (TPSA) is 140 Å². The molecular weight excluding hydrogens is 390 g/mol. The normalized spacial score (nSPS) is 20.4. The summed E-state index contributed by atoms with van der Waals surface area (Å²) >= 11 is 0. The number of nitrogen functional groups attached to an aromatic ring is 1. The van der Waals surface area contributed by atoms with Crippen molar-refractivity contribution in [2.45, 2.75) is 12.1 Å². The quantitative estimate of drug-likeness (QED) is 0.550. The number of hydrogen-bond acceptors (Lipinski definition) is 7. The van der Waals surface area contributed by atoms with E-state index in [4.69, 9.17) is 14.9 Å². The summed E-state index contributed by atoms with van der Waals surface area (Å²) in [6.07, 6.45) is 2.98. The highest BCUT2D eigenvalue weighted by molar-refractivity contribution is 6.08. The molecule has 152 valence electrons. The fraction of sp³-hybridized carbons (Fsp3) is 0.200. The van der Waals surface area contributed by atoms with Crippen LogP contribution in [0.5, 0.6) is 5.75 Å². The number of imide groups is 1. The van der Waals surface area contributed by atoms with E-state index in [1.54, 1.807) is 30.5 Å². The minimum Gasteiger partial charge on any atom is -0.497 e. The van der Waals surface area contributed by atoms with Crippen molar-refractivity contribution < 1.29 is 23.5 Å². The summed E-state index contributed by atoms with van der Waals surface area (Å²) in [5.41, 5.74) is 6.28. The van der Waals surface area contributed by atoms with E-state index in [-0.39, 0.29) is 24.8 Å². The predicted molar refractivity (Wildman–Crippen MR) is 105 cm³/mol. The number of rotatable bonds is 4. The van der Waals surface area contributed by atoms with Gasteiger partial charge in [-0.05, 0) is 23.8 Å². The molecule has 30 heavy (non-hydrogen) atoms. The van der Waals surface area contributed by atoms with Crippen LogP contribution in [0, 0.1) is 0 Å². The van der Waals surface area contributed by atoms with Gasteiger partial charge in [0.25, 0.3) is 11.8 Å². The zero-order chi connectivity index (χ0) is 21.0. The highest BCUT2D eigenvalue weighted by atomic mass is 16.5. The molecule has 10 heteroatoms. The molecule has 10 nitrogen and oxygen atoms in total. The molecule has 1 saturated heterocycles. The Morgan fingerprint density at radius 2 is 2.10 bits per heavy atom. The molecule has 5 rings (SSSR count). The van der Waals surface area contributed by atoms with Crippen molar-refractivity contribution >= 4 is 34.5 Å². The monoisotopic (exact) mass is 407 g/mol. The predicted octanol–water partition coefficient (Wildman–Crippen LogP) is 1.11. The fourth-order valence-corrected chi connectivity index (χ4v) is 3.93. The molecule has 2 aliphatic heterocycles. The van der Waals surface area contributed by atoms with E-state index in [0.717, 1.165) is 5.56 Å². The zero-order valence-electron chi connectivity index (χ0n) is 15.9. The minimum absolute atomic E-state index is 0.118. The van der Waals surface area contributed by atoms with E-state index in [0.29, 0.717) is 28.0 Å². The van der Waals surface area contributed by atoms with Gasteiger partial charge in [-0.1, -0.05) is 6.07 Å². The van der Waals surface area contributed by atoms with Gasteiger partial charge < -0.3 is 25.1 Å². The Bertz CT molecular complexity index is 1240. The van der Waals surface area contributed by atoms with Crippen LogP contribution >= 0.6 is 0 Å². The van der Waals surface area contributed by atoms with E-state index in [2.05, 4.69) is 15.6 Å². The van der Waals surface area contributed by atoms with Gasteiger partial charge in [-0.25, -0.2) is 4.79 Å². The molecule has 2 aromatic heterocycles. The molecule has 0 spiro atoms. The highest BCUT2D eigenvalue weighted by Crippen LogP contribution is 2.35. The third-order valence-electron chi connectivity index (χ3n) is 5.44. The minimum atomic E-state index is -1.59. The molecule has 4 heterocycles. The molecule has 0 aliphatic carbocycles. The van der Waals surface area contributed by atoms with Crippen LogP contribution in [0.4, 0.5) is 10.5 Å². The van der Waals surface area contributed by atoms with Gasteiger partial charge >= 0.3 is 6.03 Å². The molecule has 2 aliphatic rings. The van der Waals surface area contributed by atoms with Gasteiger partial charge in [0.2, 0.25) is 0 Å². The Morgan fingerprint density at radius 3 is 2.80 bits per heavy atom. The van der Waals surface area contributed by atoms with Gasteiger partial charge in [0.15, 0.2) is 11.1 Å². The number of pyridine rings is 1. The number of carbonyl (C=O) groups excluding carboxylic acids is 3. The number of methoxy groups -OCH3 is 1. The number of hydrogen-bond donors (Lipinski definition) is 3. The smallest absolute Gasteiger partial charge is 0.322 e. The van der Waals surface area contributed by atoms with Gasteiger partial charge in [-0.2, -0.15) is 0 Å². The average Bonchev–Trinajstić information content (AvgIpc) is 3.38. The van der Waals surface area contributed by atoms with Crippen LogP contribution in [0.25, 0.3) is 11.0 Å². The Labute approximate surface area is 170 Å². The lowest BCUT2D eigenvalue weighted by molar-refractivity contribution is -0.125. The van der Waals surface area contributed by atoms with Crippen molar-refractivity contribution in [1.82, 2.24) is 20.5 Å². The van der Waals surface area contributed by atoms with Crippen LogP contribution in [0.15, 0.2) is 41.1 Å². The molecule has 1 atom stereocenters. The van der Waals surface area contributed by atoms with Gasteiger partial charge in [0.1, 0.15) is 11.5 Å². The number of carbonyl (C=O) groups is 3. The van der Waals surface area contributed by atoms with Crippen LogP contribution in [-0.2, 0) is 16.9 Å². The molecule has 0 radical (unpaired) electrons. The van der Waals surface area contributed by atoms with Gasteiger partial charge in [0.05, 0.1) is 25.5 Å². The number of aromatic nitrogens is 1. The standard InChI is InChI=1S/C20H17N5O5/c1-29-12-3-2-10-8-25(17(26)13(10)5-12)9-20(18(27)23-19(28)24-20)15-4-11-6-22-7-14(21)16(11)30-15/h2-7H,8-9,21H2,1H3,(H2,23,24,27,28)/t20-/m0/s1. The second-order valence-electron chi connectivity index (χ2n) is 7.26. The van der Waals surface area contributed by atoms with E-state index in [1.807, 2.05) is 0 Å². The lowest BCUT2D eigenvalue weighted by Gasteiger charge is -2.29. The van der Waals surface area contributed by atoms with Crippen LogP contribution in [-0.4, -0.2) is 41.4 Å². The second-order valence-corrected chi connectivity index (χ2v) is 7.26. The number of furan rings is 1. The third kappa shape index (κ3) is 2.50. The zero-order valence-corrected chi connectivity index (χ0v) is 15.9. The third-order valence-corrected chi connectivity index (χ3v) is 5.44. The molecule has 0 saturated carbocycles. The Kier molecular flexibility index (Phi) is 3.72. The van der Waals surface area contributed by atoms with Crippen molar-refractivity contribution in [2.75, 3.05) is 19.4 Å². The summed E-state index contributed by atoms with van der Waals surface area (Å²) < 4.78 is 11.1. The number of nitrogens with zero attached hydrogens (tertiary/aromatic N) is 2. The summed E-state index contributed by atoms with van der Waals surface area (Å²) in [5.74, 6) is -0.151. The number of urea groups is 1. The summed E-state index contributed by atoms with van der Waals surface area (Å²) in [6.45, 7) is 0.167. The molecular formula is C20H17N5O5. The summed E-state index contributed by atoms with van der Waals surface area (Å²) in [4.78, 5) is 43.4. The van der Waals surface area contributed by atoms with Gasteiger partial charge in [0, 0.05) is 23.7 Å². The lowest BCUT2D eigenvalue weighted by atomic mass is 9.95. The number of anilines is 1. The molecule has 0 unspecified atom stereocenters. The average molecular weight is 407 g/mol. The molecule has 1 aromatic carbocycles. The Balaban J connectivity index is 1.56. The number of amides is 4. The van der Waals surface area contributed by atoms with Crippen LogP contribution in [0.3, 0.4) is 0 Å². The van der Waals surface area contributed by atoms with E-state index >= 15 is 0 Å². The lowest BCUT2D eigenvalue weighted by Crippen LogP contribution is -2.52. The van der Waals surface area contributed by atoms with Crippen molar-refractivity contribution in [3.63, 3.8) is 0 Å². The van der Waals surface area contributed by atoms with Crippen molar-refractivity contribution in [3.8, 4) is 5.75 Å². The van der Waals surface area contributed by atoms with Crippen LogP contribution in [0.1, 0.15) is 21.7 Å². The first-order chi connectivity index (χ1) is 14.4. The molecule has 1 fully saturated rings. The first-order valence-corrected chi connectivity index (χ1v) is 9.14. The first-order valence-electron chi connectivity index (χ1n) is 9.14. The van der Waals surface area contributed by atoms with Gasteiger partial charge in [-0.3, -0.25) is 19.9 Å². The number of ether oxygens (including phenoxy) is 1. The van der Waals surface area contributed by atoms with Gasteiger partial charge in [-0.15, -0.1) is 0 Å². The van der Waals surface area contributed by atoms with Crippen molar-refractivity contribution in [2.24, 2.45) is 0 Å².